The van der Waals surface area contributed by atoms with Crippen LogP contribution < -0.4 is 10.2 Å². The lowest BCUT2D eigenvalue weighted by molar-refractivity contribution is -0.384. The highest BCUT2D eigenvalue weighted by Crippen LogP contribution is 2.26. The molecule has 3 aromatic rings. The average molecular weight is 321 g/mol. The van der Waals surface area contributed by atoms with Crippen molar-refractivity contribution >= 4 is 28.8 Å². The van der Waals surface area contributed by atoms with Crippen LogP contribution in [0.1, 0.15) is 0 Å². The third kappa shape index (κ3) is 3.46. The molecule has 0 aliphatic rings. The molecule has 120 valence electrons. The Morgan fingerprint density at radius 3 is 2.62 bits per heavy atom. The number of para-hydroxylation sites is 1. The molecule has 0 radical (unpaired) electrons. The van der Waals surface area contributed by atoms with Gasteiger partial charge in [-0.1, -0.05) is 24.3 Å². The van der Waals surface area contributed by atoms with E-state index in [-0.39, 0.29) is 5.69 Å². The Balaban J connectivity index is 1.85. The third-order valence-corrected chi connectivity index (χ3v) is 3.44. The van der Waals surface area contributed by atoms with Gasteiger partial charge in [0.2, 0.25) is 5.95 Å². The summed E-state index contributed by atoms with van der Waals surface area (Å²) in [6.45, 7) is 0. The quantitative estimate of drug-likeness (QED) is 0.567. The van der Waals surface area contributed by atoms with Gasteiger partial charge in [0.1, 0.15) is 5.82 Å². The molecule has 1 heterocycles. The van der Waals surface area contributed by atoms with Crippen molar-refractivity contribution < 1.29 is 4.92 Å². The summed E-state index contributed by atoms with van der Waals surface area (Å²) in [7, 11) is 1.80. The molecule has 3 rings (SSSR count). The summed E-state index contributed by atoms with van der Waals surface area (Å²) < 4.78 is 0. The first-order chi connectivity index (χ1) is 11.6. The Hall–Kier alpha value is -3.48. The van der Waals surface area contributed by atoms with Gasteiger partial charge >= 0.3 is 0 Å². The molecule has 0 amide bonds. The van der Waals surface area contributed by atoms with Gasteiger partial charge in [-0.15, -0.1) is 0 Å². The number of anilines is 4. The van der Waals surface area contributed by atoms with E-state index in [4.69, 9.17) is 0 Å². The van der Waals surface area contributed by atoms with Crippen LogP contribution >= 0.6 is 0 Å². The number of hydrogen-bond acceptors (Lipinski definition) is 6. The van der Waals surface area contributed by atoms with Crippen molar-refractivity contribution in [2.45, 2.75) is 0 Å². The Kier molecular flexibility index (Phi) is 4.33. The number of non-ortho nitro benzene ring substituents is 1. The predicted molar refractivity (Wildman–Crippen MR) is 92.9 cm³/mol. The number of benzene rings is 2. The molecule has 0 fully saturated rings. The minimum atomic E-state index is -0.417. The van der Waals surface area contributed by atoms with Crippen molar-refractivity contribution in [3.05, 3.63) is 77.0 Å². The monoisotopic (exact) mass is 321 g/mol. The van der Waals surface area contributed by atoms with Crippen LogP contribution in [0.4, 0.5) is 28.8 Å². The zero-order valence-corrected chi connectivity index (χ0v) is 13.0. The third-order valence-electron chi connectivity index (χ3n) is 3.44. The van der Waals surface area contributed by atoms with Crippen LogP contribution in [0.2, 0.25) is 0 Å². The van der Waals surface area contributed by atoms with Gasteiger partial charge in [0, 0.05) is 36.8 Å². The Morgan fingerprint density at radius 1 is 1.08 bits per heavy atom. The summed E-state index contributed by atoms with van der Waals surface area (Å²) in [5.41, 5.74) is 1.59. The summed E-state index contributed by atoms with van der Waals surface area (Å²) >= 11 is 0. The molecule has 0 unspecified atom stereocenters. The van der Waals surface area contributed by atoms with Gasteiger partial charge < -0.3 is 10.2 Å². The van der Waals surface area contributed by atoms with E-state index in [9.17, 15) is 10.1 Å². The molecule has 24 heavy (non-hydrogen) atoms. The first kappa shape index (κ1) is 15.4. The van der Waals surface area contributed by atoms with E-state index in [0.29, 0.717) is 17.5 Å². The highest BCUT2D eigenvalue weighted by Gasteiger charge is 2.11. The molecule has 0 aliphatic heterocycles. The number of aromatic nitrogens is 2. The minimum absolute atomic E-state index is 0.0380. The van der Waals surface area contributed by atoms with Gasteiger partial charge in [-0.25, -0.2) is 4.98 Å². The SMILES string of the molecule is CN(c1cccc([N+](=O)[O-])c1)c1ccnc(Nc2ccccc2)n1. The molecular weight excluding hydrogens is 306 g/mol. The maximum Gasteiger partial charge on any atom is 0.271 e. The Morgan fingerprint density at radius 2 is 1.88 bits per heavy atom. The van der Waals surface area contributed by atoms with E-state index in [0.717, 1.165) is 5.69 Å². The fourth-order valence-corrected chi connectivity index (χ4v) is 2.19. The van der Waals surface area contributed by atoms with E-state index < -0.39 is 4.92 Å². The smallest absolute Gasteiger partial charge is 0.271 e. The summed E-state index contributed by atoms with van der Waals surface area (Å²) in [6, 6.07) is 17.7. The van der Waals surface area contributed by atoms with E-state index in [1.807, 2.05) is 30.3 Å². The van der Waals surface area contributed by atoms with Gasteiger partial charge in [-0.05, 0) is 24.3 Å². The van der Waals surface area contributed by atoms with Crippen LogP contribution in [0.3, 0.4) is 0 Å². The lowest BCUT2D eigenvalue weighted by Gasteiger charge is -2.18. The molecular formula is C17H15N5O2. The second kappa shape index (κ2) is 6.74. The van der Waals surface area contributed by atoms with Crippen LogP contribution in [0.25, 0.3) is 0 Å². The predicted octanol–water partition coefficient (Wildman–Crippen LogP) is 3.90. The number of nitrogens with zero attached hydrogens (tertiary/aromatic N) is 4. The van der Waals surface area contributed by atoms with Crippen LogP contribution in [-0.2, 0) is 0 Å². The van der Waals surface area contributed by atoms with Crippen LogP contribution in [0.5, 0.6) is 0 Å². The van der Waals surface area contributed by atoms with Gasteiger partial charge in [0.15, 0.2) is 0 Å². The summed E-state index contributed by atoms with van der Waals surface area (Å²) in [4.78, 5) is 20.9. The molecule has 0 spiro atoms. The zero-order chi connectivity index (χ0) is 16.9. The summed E-state index contributed by atoms with van der Waals surface area (Å²) in [5.74, 6) is 1.08. The molecule has 0 saturated carbocycles. The number of nitro groups is 1. The van der Waals surface area contributed by atoms with Gasteiger partial charge in [-0.3, -0.25) is 10.1 Å². The lowest BCUT2D eigenvalue weighted by Crippen LogP contribution is -2.12. The average Bonchev–Trinajstić information content (AvgIpc) is 2.62. The fourth-order valence-electron chi connectivity index (χ4n) is 2.19. The summed E-state index contributed by atoms with van der Waals surface area (Å²) in [5, 5.41) is 14.0. The van der Waals surface area contributed by atoms with Crippen LogP contribution in [-0.4, -0.2) is 21.9 Å². The van der Waals surface area contributed by atoms with E-state index >= 15 is 0 Å². The Bertz CT molecular complexity index is 854. The second-order valence-corrected chi connectivity index (χ2v) is 5.07. The fraction of sp³-hybridized carbons (Fsp3) is 0.0588. The van der Waals surface area contributed by atoms with Gasteiger partial charge in [-0.2, -0.15) is 4.98 Å². The standard InChI is InChI=1S/C17H15N5O2/c1-21(14-8-5-9-15(12-14)22(23)24)16-10-11-18-17(20-16)19-13-6-3-2-4-7-13/h2-12H,1H3,(H,18,19,20). The van der Waals surface area contributed by atoms with Crippen molar-refractivity contribution in [2.75, 3.05) is 17.3 Å². The molecule has 0 aliphatic carbocycles. The number of hydrogen-bond donors (Lipinski definition) is 1. The maximum absolute atomic E-state index is 10.9. The van der Waals surface area contributed by atoms with Crippen molar-refractivity contribution in [3.8, 4) is 0 Å². The zero-order valence-electron chi connectivity index (χ0n) is 13.0. The molecule has 0 bridgehead atoms. The second-order valence-electron chi connectivity index (χ2n) is 5.07. The molecule has 0 saturated heterocycles. The molecule has 7 heteroatoms. The minimum Gasteiger partial charge on any atom is -0.329 e. The van der Waals surface area contributed by atoms with Crippen LogP contribution in [0, 0.1) is 10.1 Å². The summed E-state index contributed by atoms with van der Waals surface area (Å²) in [6.07, 6.45) is 1.64. The van der Waals surface area contributed by atoms with E-state index in [1.54, 1.807) is 36.3 Å². The molecule has 7 nitrogen and oxygen atoms in total. The van der Waals surface area contributed by atoms with Crippen molar-refractivity contribution in [1.82, 2.24) is 9.97 Å². The molecule has 2 aromatic carbocycles. The normalized spacial score (nSPS) is 10.2. The Labute approximate surface area is 138 Å². The van der Waals surface area contributed by atoms with Crippen molar-refractivity contribution in [1.29, 1.82) is 0 Å². The number of nitro benzene ring substituents is 1. The highest BCUT2D eigenvalue weighted by atomic mass is 16.6. The van der Waals surface area contributed by atoms with Gasteiger partial charge in [0.25, 0.3) is 5.69 Å². The number of nitrogens with one attached hydrogen (secondary N) is 1. The molecule has 0 atom stereocenters. The first-order valence-electron chi connectivity index (χ1n) is 7.27. The maximum atomic E-state index is 10.9. The van der Waals surface area contributed by atoms with E-state index in [1.165, 1.54) is 12.1 Å². The first-order valence-corrected chi connectivity index (χ1v) is 7.27. The van der Waals surface area contributed by atoms with Crippen LogP contribution in [0.15, 0.2) is 66.9 Å². The molecule has 1 aromatic heterocycles. The highest BCUT2D eigenvalue weighted by molar-refractivity contribution is 5.63. The van der Waals surface area contributed by atoms with Gasteiger partial charge in [0.05, 0.1) is 4.92 Å². The van der Waals surface area contributed by atoms with Crippen molar-refractivity contribution in [3.63, 3.8) is 0 Å². The topological polar surface area (TPSA) is 84.2 Å². The van der Waals surface area contributed by atoms with E-state index in [2.05, 4.69) is 15.3 Å². The lowest BCUT2D eigenvalue weighted by atomic mass is 10.2. The number of rotatable bonds is 5. The molecule has 1 N–H and O–H groups in total. The largest absolute Gasteiger partial charge is 0.329 e. The van der Waals surface area contributed by atoms with Crippen molar-refractivity contribution in [2.24, 2.45) is 0 Å².